The van der Waals surface area contributed by atoms with E-state index in [4.69, 9.17) is 4.74 Å². The van der Waals surface area contributed by atoms with Gasteiger partial charge >= 0.3 is 0 Å². The number of nitrogens with one attached hydrogen (secondary N) is 1. The Morgan fingerprint density at radius 2 is 2.16 bits per heavy atom. The molecule has 2 amide bonds. The van der Waals surface area contributed by atoms with Crippen molar-refractivity contribution in [2.75, 3.05) is 46.2 Å². The maximum Gasteiger partial charge on any atom is 0.250 e. The molecule has 1 unspecified atom stereocenters. The maximum atomic E-state index is 12.7. The lowest BCUT2D eigenvalue weighted by Gasteiger charge is -2.17. The van der Waals surface area contributed by atoms with Crippen LogP contribution in [0.25, 0.3) is 16.2 Å². The number of hydrogen-bond donors (Lipinski definition) is 1. The molecular formula is C21H26N6O3S. The third kappa shape index (κ3) is 4.54. The molecule has 31 heavy (non-hydrogen) atoms. The van der Waals surface area contributed by atoms with E-state index in [1.54, 1.807) is 16.5 Å². The van der Waals surface area contributed by atoms with E-state index in [9.17, 15) is 9.59 Å². The Morgan fingerprint density at radius 1 is 1.35 bits per heavy atom. The van der Waals surface area contributed by atoms with Crippen LogP contribution in [0.15, 0.2) is 29.6 Å². The number of methoxy groups -OCH3 is 1. The topological polar surface area (TPSA) is 92.1 Å². The van der Waals surface area contributed by atoms with Crippen molar-refractivity contribution in [1.29, 1.82) is 0 Å². The predicted octanol–water partition coefficient (Wildman–Crippen LogP) is 2.21. The van der Waals surface area contributed by atoms with E-state index in [1.165, 1.54) is 11.3 Å². The van der Waals surface area contributed by atoms with Crippen LogP contribution in [0.3, 0.4) is 0 Å². The van der Waals surface area contributed by atoms with Gasteiger partial charge < -0.3 is 14.5 Å². The van der Waals surface area contributed by atoms with Crippen molar-refractivity contribution >= 4 is 34.1 Å². The van der Waals surface area contributed by atoms with Gasteiger partial charge in [0.15, 0.2) is 0 Å². The second-order valence-corrected chi connectivity index (χ2v) is 8.67. The van der Waals surface area contributed by atoms with Crippen molar-refractivity contribution < 1.29 is 14.3 Å². The number of benzene rings is 1. The number of ether oxygens (including phenoxy) is 1. The number of amides is 2. The smallest absolute Gasteiger partial charge is 0.250 e. The molecule has 0 saturated carbocycles. The van der Waals surface area contributed by atoms with Crippen LogP contribution >= 0.6 is 11.3 Å². The molecule has 1 N–H and O–H groups in total. The first-order chi connectivity index (χ1) is 15.0. The predicted molar refractivity (Wildman–Crippen MR) is 119 cm³/mol. The van der Waals surface area contributed by atoms with E-state index < -0.39 is 0 Å². The minimum absolute atomic E-state index is 0.0242. The van der Waals surface area contributed by atoms with Gasteiger partial charge in [0.05, 0.1) is 18.7 Å². The van der Waals surface area contributed by atoms with Crippen LogP contribution in [0.1, 0.15) is 12.8 Å². The largest absolute Gasteiger partial charge is 0.496 e. The van der Waals surface area contributed by atoms with Gasteiger partial charge in [-0.2, -0.15) is 4.98 Å². The summed E-state index contributed by atoms with van der Waals surface area (Å²) in [4.78, 5) is 34.0. The number of anilines is 1. The third-order valence-electron chi connectivity index (χ3n) is 5.32. The molecule has 4 rings (SSSR count). The van der Waals surface area contributed by atoms with Crippen LogP contribution < -0.4 is 10.1 Å². The average Bonchev–Trinajstić information content (AvgIpc) is 3.42. The number of aromatic nitrogens is 3. The quantitative estimate of drug-likeness (QED) is 0.575. The lowest BCUT2D eigenvalue weighted by atomic mass is 10.1. The van der Waals surface area contributed by atoms with Crippen molar-refractivity contribution in [1.82, 2.24) is 24.4 Å². The number of fused-ring (bicyclic) bond motifs is 1. The van der Waals surface area contributed by atoms with E-state index in [0.717, 1.165) is 30.0 Å². The molecule has 1 aromatic carbocycles. The molecule has 3 heterocycles. The van der Waals surface area contributed by atoms with Crippen molar-refractivity contribution in [2.24, 2.45) is 5.92 Å². The minimum Gasteiger partial charge on any atom is -0.496 e. The highest BCUT2D eigenvalue weighted by atomic mass is 32.1. The number of thiazole rings is 1. The monoisotopic (exact) mass is 442 g/mol. The molecule has 0 radical (unpaired) electrons. The van der Waals surface area contributed by atoms with Crippen molar-refractivity contribution in [2.45, 2.75) is 12.8 Å². The maximum absolute atomic E-state index is 12.7. The first kappa shape index (κ1) is 21.3. The van der Waals surface area contributed by atoms with Gasteiger partial charge in [-0.15, -0.1) is 16.4 Å². The molecule has 0 aliphatic carbocycles. The summed E-state index contributed by atoms with van der Waals surface area (Å²) in [6, 6.07) is 7.68. The summed E-state index contributed by atoms with van der Waals surface area (Å²) in [5.41, 5.74) is 1.74. The number of nitrogens with zero attached hydrogens (tertiary/aromatic N) is 5. The van der Waals surface area contributed by atoms with E-state index in [-0.39, 0.29) is 30.1 Å². The Hall–Kier alpha value is -2.98. The van der Waals surface area contributed by atoms with E-state index in [1.807, 2.05) is 43.7 Å². The van der Waals surface area contributed by atoms with Gasteiger partial charge in [-0.25, -0.2) is 4.52 Å². The zero-order chi connectivity index (χ0) is 22.0. The van der Waals surface area contributed by atoms with Gasteiger partial charge in [0.2, 0.25) is 22.7 Å². The van der Waals surface area contributed by atoms with Crippen LogP contribution in [0, 0.1) is 5.92 Å². The standard InChI is InChI=1S/C21H26N6O3S/c1-25(2)9-6-10-26-12-14(11-18(26)28)19(29)22-20-23-21-27(24-20)16(13-31-21)15-7-4-5-8-17(15)30-3/h4-5,7-8,13-14H,6,9-12H2,1-3H3,(H,22,24,29). The first-order valence-corrected chi connectivity index (χ1v) is 11.0. The van der Waals surface area contributed by atoms with Crippen molar-refractivity contribution in [3.63, 3.8) is 0 Å². The van der Waals surface area contributed by atoms with Crippen LogP contribution in [0.5, 0.6) is 5.75 Å². The second-order valence-electron chi connectivity index (χ2n) is 7.84. The fraction of sp³-hybridized carbons (Fsp3) is 0.429. The van der Waals surface area contributed by atoms with E-state index >= 15 is 0 Å². The molecule has 9 nitrogen and oxygen atoms in total. The molecule has 1 saturated heterocycles. The summed E-state index contributed by atoms with van der Waals surface area (Å²) in [6.45, 7) is 2.01. The molecule has 164 valence electrons. The van der Waals surface area contributed by atoms with Crippen LogP contribution in [-0.2, 0) is 9.59 Å². The Morgan fingerprint density at radius 3 is 2.94 bits per heavy atom. The first-order valence-electron chi connectivity index (χ1n) is 10.2. The molecule has 1 atom stereocenters. The van der Waals surface area contributed by atoms with Crippen LogP contribution in [0.2, 0.25) is 0 Å². The number of carbonyl (C=O) groups excluding carboxylic acids is 2. The zero-order valence-electron chi connectivity index (χ0n) is 17.9. The SMILES string of the molecule is COc1ccccc1-c1csc2nc(NC(=O)C3CC(=O)N(CCCN(C)C)C3)nn12. The van der Waals surface area contributed by atoms with Crippen LogP contribution in [0.4, 0.5) is 5.95 Å². The number of carbonyl (C=O) groups is 2. The number of para-hydroxylation sites is 1. The zero-order valence-corrected chi connectivity index (χ0v) is 18.7. The Labute approximate surface area is 184 Å². The molecule has 2 aromatic heterocycles. The molecule has 1 fully saturated rings. The summed E-state index contributed by atoms with van der Waals surface area (Å²) < 4.78 is 7.15. The molecule has 1 aliphatic rings. The lowest BCUT2D eigenvalue weighted by molar-refractivity contribution is -0.128. The van der Waals surface area contributed by atoms with Gasteiger partial charge in [0.1, 0.15) is 5.75 Å². The van der Waals surface area contributed by atoms with Gasteiger partial charge in [-0.1, -0.05) is 12.1 Å². The Balaban J connectivity index is 1.44. The van der Waals surface area contributed by atoms with Gasteiger partial charge in [-0.3, -0.25) is 14.9 Å². The average molecular weight is 443 g/mol. The van der Waals surface area contributed by atoms with Crippen molar-refractivity contribution in [3.8, 4) is 17.0 Å². The molecule has 0 spiro atoms. The van der Waals surface area contributed by atoms with Gasteiger partial charge in [-0.05, 0) is 39.2 Å². The van der Waals surface area contributed by atoms with Crippen LogP contribution in [-0.4, -0.2) is 77.1 Å². The highest BCUT2D eigenvalue weighted by Crippen LogP contribution is 2.32. The fourth-order valence-electron chi connectivity index (χ4n) is 3.73. The third-order valence-corrected chi connectivity index (χ3v) is 6.13. The molecule has 1 aliphatic heterocycles. The summed E-state index contributed by atoms with van der Waals surface area (Å²) in [7, 11) is 5.64. The summed E-state index contributed by atoms with van der Waals surface area (Å²) in [5, 5.41) is 9.21. The number of rotatable bonds is 8. The Kier molecular flexibility index (Phi) is 6.19. The summed E-state index contributed by atoms with van der Waals surface area (Å²) in [6.07, 6.45) is 1.11. The molecular weight excluding hydrogens is 416 g/mol. The molecule has 3 aromatic rings. The Bertz CT molecular complexity index is 1090. The fourth-order valence-corrected chi connectivity index (χ4v) is 4.55. The number of hydrogen-bond acceptors (Lipinski definition) is 7. The van der Waals surface area contributed by atoms with E-state index in [0.29, 0.717) is 18.1 Å². The lowest BCUT2D eigenvalue weighted by Crippen LogP contribution is -2.30. The molecule has 10 heteroatoms. The minimum atomic E-state index is -0.387. The van der Waals surface area contributed by atoms with Crippen molar-refractivity contribution in [3.05, 3.63) is 29.6 Å². The summed E-state index contributed by atoms with van der Waals surface area (Å²) >= 11 is 1.44. The second kappa shape index (κ2) is 9.03. The normalized spacial score (nSPS) is 16.5. The molecule has 0 bridgehead atoms. The van der Waals surface area contributed by atoms with Gasteiger partial charge in [0, 0.05) is 30.5 Å². The van der Waals surface area contributed by atoms with E-state index in [2.05, 4.69) is 20.3 Å². The summed E-state index contributed by atoms with van der Waals surface area (Å²) in [5.74, 6) is 0.396. The number of likely N-dealkylation sites (tertiary alicyclic amines) is 1. The highest BCUT2D eigenvalue weighted by molar-refractivity contribution is 7.15. The van der Waals surface area contributed by atoms with Gasteiger partial charge in [0.25, 0.3) is 0 Å². The highest BCUT2D eigenvalue weighted by Gasteiger charge is 2.34.